The maximum absolute atomic E-state index is 14.2. The molecule has 8 nitrogen and oxygen atoms in total. The van der Waals surface area contributed by atoms with Gasteiger partial charge >= 0.3 is 0 Å². The summed E-state index contributed by atoms with van der Waals surface area (Å²) in [6.45, 7) is 2.40. The van der Waals surface area contributed by atoms with Crippen LogP contribution in [-0.4, -0.2) is 73.3 Å². The van der Waals surface area contributed by atoms with Gasteiger partial charge in [-0.15, -0.1) is 0 Å². The Balaban J connectivity index is 1.43. The van der Waals surface area contributed by atoms with E-state index < -0.39 is 0 Å². The largest absolute Gasteiger partial charge is 0.383 e. The lowest BCUT2D eigenvalue weighted by Gasteiger charge is -2.23. The van der Waals surface area contributed by atoms with E-state index in [0.29, 0.717) is 51.0 Å². The van der Waals surface area contributed by atoms with Crippen LogP contribution < -0.4 is 10.6 Å². The van der Waals surface area contributed by atoms with Gasteiger partial charge in [-0.2, -0.15) is 0 Å². The van der Waals surface area contributed by atoms with E-state index in [2.05, 4.69) is 20.5 Å². The molecule has 1 aromatic heterocycles. The summed E-state index contributed by atoms with van der Waals surface area (Å²) in [6, 6.07) is 3.34. The maximum Gasteiger partial charge on any atom is 0.222 e. The zero-order valence-corrected chi connectivity index (χ0v) is 17.9. The molecule has 0 aromatic carbocycles. The van der Waals surface area contributed by atoms with Crippen LogP contribution in [0.4, 0.5) is 4.39 Å². The van der Waals surface area contributed by atoms with Gasteiger partial charge in [0.2, 0.25) is 11.8 Å². The summed E-state index contributed by atoms with van der Waals surface area (Å²) < 4.78 is 25.2. The molecule has 2 aliphatic heterocycles. The van der Waals surface area contributed by atoms with Crippen molar-refractivity contribution in [3.8, 4) is 0 Å². The Morgan fingerprint density at radius 2 is 2.16 bits per heavy atom. The number of amides is 2. The van der Waals surface area contributed by atoms with Gasteiger partial charge in [0.15, 0.2) is 0 Å². The van der Waals surface area contributed by atoms with Crippen molar-refractivity contribution in [1.82, 2.24) is 20.5 Å². The molecule has 3 aliphatic rings. The minimum atomic E-state index is -0.332. The molecule has 3 fully saturated rings. The van der Waals surface area contributed by atoms with E-state index >= 15 is 0 Å². The topological polar surface area (TPSA) is 92.8 Å². The Morgan fingerprint density at radius 3 is 2.90 bits per heavy atom. The van der Waals surface area contributed by atoms with Crippen molar-refractivity contribution < 1.29 is 23.5 Å². The number of ether oxygens (including phenoxy) is 2. The number of nitrogens with zero attached hydrogens (tertiary/aromatic N) is 2. The summed E-state index contributed by atoms with van der Waals surface area (Å²) in [5.74, 6) is -0.271. The normalized spacial score (nSPS) is 27.8. The zero-order valence-electron chi connectivity index (χ0n) is 17.9. The molecule has 4 rings (SSSR count). The molecule has 4 atom stereocenters. The van der Waals surface area contributed by atoms with Crippen molar-refractivity contribution in [2.45, 2.75) is 50.4 Å². The van der Waals surface area contributed by atoms with Crippen LogP contribution in [0.5, 0.6) is 0 Å². The molecule has 0 spiro atoms. The smallest absolute Gasteiger partial charge is 0.222 e. The van der Waals surface area contributed by atoms with E-state index in [-0.39, 0.29) is 48.0 Å². The first-order valence-corrected chi connectivity index (χ1v) is 11.0. The zero-order chi connectivity index (χ0) is 21.8. The van der Waals surface area contributed by atoms with Crippen molar-refractivity contribution >= 4 is 11.8 Å². The predicted molar refractivity (Wildman–Crippen MR) is 110 cm³/mol. The van der Waals surface area contributed by atoms with Gasteiger partial charge in [0.05, 0.1) is 31.4 Å². The molecule has 3 heterocycles. The van der Waals surface area contributed by atoms with Crippen LogP contribution in [0.15, 0.2) is 18.3 Å². The third kappa shape index (κ3) is 5.58. The Hall–Kier alpha value is -2.10. The summed E-state index contributed by atoms with van der Waals surface area (Å²) in [5.41, 5.74) is 0.394. The fraction of sp³-hybridized carbons (Fsp3) is 0.682. The first kappa shape index (κ1) is 22.1. The van der Waals surface area contributed by atoms with Crippen LogP contribution in [0.3, 0.4) is 0 Å². The van der Waals surface area contributed by atoms with Gasteiger partial charge in [-0.3, -0.25) is 19.5 Å². The minimum absolute atomic E-state index is 0.0388. The van der Waals surface area contributed by atoms with Gasteiger partial charge in [-0.1, -0.05) is 0 Å². The molecular formula is C22H31FN4O4. The molecule has 0 bridgehead atoms. The number of hydrogen-bond donors (Lipinski definition) is 2. The molecule has 1 aliphatic carbocycles. The molecule has 2 saturated heterocycles. The van der Waals surface area contributed by atoms with E-state index in [9.17, 15) is 14.0 Å². The molecule has 1 aromatic rings. The number of rotatable bonds is 10. The second-order valence-corrected chi connectivity index (χ2v) is 8.73. The van der Waals surface area contributed by atoms with Gasteiger partial charge in [0.25, 0.3) is 0 Å². The van der Waals surface area contributed by atoms with Crippen LogP contribution in [-0.2, 0) is 25.6 Å². The van der Waals surface area contributed by atoms with E-state index in [4.69, 9.17) is 9.47 Å². The summed E-state index contributed by atoms with van der Waals surface area (Å²) in [7, 11) is 1.59. The van der Waals surface area contributed by atoms with Gasteiger partial charge in [-0.25, -0.2) is 4.39 Å². The second-order valence-electron chi connectivity index (χ2n) is 8.73. The minimum Gasteiger partial charge on any atom is -0.383 e. The maximum atomic E-state index is 14.2. The van der Waals surface area contributed by atoms with Crippen LogP contribution in [0.25, 0.3) is 0 Å². The number of likely N-dealkylation sites (tertiary alicyclic amines) is 1. The number of fused-ring (bicyclic) bond motifs is 1. The standard InChI is InChI=1S/C22H31FN4O4/c1-30-8-7-25-20(28)10-19-22-14(9-21(29)26-15-4-5-15)11-27(18(22)13-31-19)12-17-16(23)3-2-6-24-17/h2-3,6,14-15,18-19,22H,4-5,7-13H2,1H3,(H,25,28)(H,26,29)/t14-,18-,19+,22-/m1/s1. The van der Waals surface area contributed by atoms with Gasteiger partial charge in [-0.05, 0) is 30.9 Å². The van der Waals surface area contributed by atoms with Gasteiger partial charge < -0.3 is 20.1 Å². The van der Waals surface area contributed by atoms with Crippen LogP contribution in [0, 0.1) is 17.7 Å². The van der Waals surface area contributed by atoms with E-state index in [0.717, 1.165) is 12.8 Å². The van der Waals surface area contributed by atoms with E-state index in [1.165, 1.54) is 6.07 Å². The Bertz CT molecular complexity index is 791. The Kier molecular flexibility index (Phi) is 7.14. The van der Waals surface area contributed by atoms with Gasteiger partial charge in [0.1, 0.15) is 5.82 Å². The van der Waals surface area contributed by atoms with Crippen LogP contribution in [0.1, 0.15) is 31.4 Å². The predicted octanol–water partition coefficient (Wildman–Crippen LogP) is 0.858. The van der Waals surface area contributed by atoms with Crippen molar-refractivity contribution in [3.05, 3.63) is 29.8 Å². The van der Waals surface area contributed by atoms with E-state index in [1.807, 2.05) is 0 Å². The molecular weight excluding hydrogens is 403 g/mol. The highest BCUT2D eigenvalue weighted by atomic mass is 19.1. The molecule has 1 saturated carbocycles. The number of methoxy groups -OCH3 is 1. The molecule has 9 heteroatoms. The van der Waals surface area contributed by atoms with Crippen LogP contribution in [0.2, 0.25) is 0 Å². The number of aromatic nitrogens is 1. The number of carbonyl (C=O) groups excluding carboxylic acids is 2. The van der Waals surface area contributed by atoms with Crippen molar-refractivity contribution in [2.75, 3.05) is 33.4 Å². The molecule has 0 unspecified atom stereocenters. The highest BCUT2D eigenvalue weighted by Gasteiger charge is 2.51. The van der Waals surface area contributed by atoms with Crippen LogP contribution >= 0.6 is 0 Å². The first-order valence-electron chi connectivity index (χ1n) is 11.0. The first-order chi connectivity index (χ1) is 15.0. The molecule has 2 N–H and O–H groups in total. The van der Waals surface area contributed by atoms with Gasteiger partial charge in [0, 0.05) is 57.4 Å². The highest BCUT2D eigenvalue weighted by molar-refractivity contribution is 5.77. The molecule has 0 radical (unpaired) electrons. The lowest BCUT2D eigenvalue weighted by molar-refractivity contribution is -0.124. The fourth-order valence-electron chi connectivity index (χ4n) is 4.82. The number of hydrogen-bond acceptors (Lipinski definition) is 6. The summed E-state index contributed by atoms with van der Waals surface area (Å²) in [6.07, 6.45) is 4.05. The Labute approximate surface area is 181 Å². The summed E-state index contributed by atoms with van der Waals surface area (Å²) >= 11 is 0. The fourth-order valence-corrected chi connectivity index (χ4v) is 4.82. The molecule has 31 heavy (non-hydrogen) atoms. The van der Waals surface area contributed by atoms with Crippen molar-refractivity contribution in [1.29, 1.82) is 0 Å². The Morgan fingerprint density at radius 1 is 1.32 bits per heavy atom. The lowest BCUT2D eigenvalue weighted by atomic mass is 9.84. The highest BCUT2D eigenvalue weighted by Crippen LogP contribution is 2.42. The number of nitrogens with one attached hydrogen (secondary N) is 2. The average Bonchev–Trinajstić information content (AvgIpc) is 3.35. The third-order valence-electron chi connectivity index (χ3n) is 6.43. The SMILES string of the molecule is COCCNC(=O)C[C@@H]1OC[C@@H]2[C@H]1[C@H](CC(=O)NC1CC1)CN2Cc1ncccc1F. The molecule has 170 valence electrons. The molecule has 2 amide bonds. The number of carbonyl (C=O) groups is 2. The lowest BCUT2D eigenvalue weighted by Crippen LogP contribution is -2.36. The average molecular weight is 435 g/mol. The summed E-state index contributed by atoms with van der Waals surface area (Å²) in [5, 5.41) is 5.90. The monoisotopic (exact) mass is 434 g/mol. The number of pyridine rings is 1. The van der Waals surface area contributed by atoms with Crippen molar-refractivity contribution in [2.24, 2.45) is 11.8 Å². The van der Waals surface area contributed by atoms with Crippen molar-refractivity contribution in [3.63, 3.8) is 0 Å². The second kappa shape index (κ2) is 10.0. The number of halogens is 1. The third-order valence-corrected chi connectivity index (χ3v) is 6.43. The quantitative estimate of drug-likeness (QED) is 0.531. The van der Waals surface area contributed by atoms with E-state index in [1.54, 1.807) is 19.4 Å². The summed E-state index contributed by atoms with van der Waals surface area (Å²) in [4.78, 5) is 31.2.